The molecule has 1 aliphatic rings. The first-order chi connectivity index (χ1) is 9.33. The van der Waals surface area contributed by atoms with Crippen molar-refractivity contribution in [2.45, 2.75) is 24.9 Å². The van der Waals surface area contributed by atoms with Gasteiger partial charge in [-0.3, -0.25) is 4.98 Å². The van der Waals surface area contributed by atoms with Crippen molar-refractivity contribution in [2.75, 3.05) is 13.2 Å². The zero-order valence-electron chi connectivity index (χ0n) is 10.4. The predicted octanol–water partition coefficient (Wildman–Crippen LogP) is 0.920. The Morgan fingerprint density at radius 2 is 2.32 bits per heavy atom. The van der Waals surface area contributed by atoms with E-state index in [-0.39, 0.29) is 5.92 Å². The van der Waals surface area contributed by atoms with Crippen LogP contribution < -0.4 is 0 Å². The third-order valence-corrected chi connectivity index (χ3v) is 3.19. The van der Waals surface area contributed by atoms with Crippen LogP contribution in [-0.2, 0) is 11.2 Å². The highest BCUT2D eigenvalue weighted by molar-refractivity contribution is 5.10. The molecule has 2 unspecified atom stereocenters. The smallest absolute Gasteiger partial charge is 0.234 e. The SMILES string of the molecule is OC1CCOCC1c1nc(Cc2ccccn2)no1. The highest BCUT2D eigenvalue weighted by Gasteiger charge is 2.30. The molecule has 2 atom stereocenters. The molecule has 1 fully saturated rings. The summed E-state index contributed by atoms with van der Waals surface area (Å²) in [5.74, 6) is 0.795. The van der Waals surface area contributed by atoms with Gasteiger partial charge in [0.05, 0.1) is 25.0 Å². The predicted molar refractivity (Wildman–Crippen MR) is 65.5 cm³/mol. The van der Waals surface area contributed by atoms with E-state index in [1.165, 1.54) is 0 Å². The number of nitrogens with zero attached hydrogens (tertiary/aromatic N) is 3. The molecular weight excluding hydrogens is 246 g/mol. The van der Waals surface area contributed by atoms with E-state index in [1.807, 2.05) is 18.2 Å². The van der Waals surface area contributed by atoms with E-state index < -0.39 is 6.10 Å². The zero-order chi connectivity index (χ0) is 13.1. The maximum atomic E-state index is 9.90. The summed E-state index contributed by atoms with van der Waals surface area (Å²) >= 11 is 0. The molecule has 1 N–H and O–H groups in total. The highest BCUT2D eigenvalue weighted by Crippen LogP contribution is 2.24. The van der Waals surface area contributed by atoms with Gasteiger partial charge >= 0.3 is 0 Å². The van der Waals surface area contributed by atoms with Crippen LogP contribution in [0.5, 0.6) is 0 Å². The monoisotopic (exact) mass is 261 g/mol. The largest absolute Gasteiger partial charge is 0.392 e. The Hall–Kier alpha value is -1.79. The molecule has 0 spiro atoms. The number of ether oxygens (including phenoxy) is 1. The Balaban J connectivity index is 1.72. The summed E-state index contributed by atoms with van der Waals surface area (Å²) in [5.41, 5.74) is 0.885. The molecule has 2 aromatic heterocycles. The third-order valence-electron chi connectivity index (χ3n) is 3.19. The summed E-state index contributed by atoms with van der Waals surface area (Å²) in [6.07, 6.45) is 2.38. The van der Waals surface area contributed by atoms with Crippen molar-refractivity contribution in [1.82, 2.24) is 15.1 Å². The summed E-state index contributed by atoms with van der Waals surface area (Å²) in [4.78, 5) is 8.54. The first kappa shape index (κ1) is 12.3. The first-order valence-corrected chi connectivity index (χ1v) is 6.31. The molecular formula is C13H15N3O3. The number of aliphatic hydroxyl groups is 1. The average molecular weight is 261 g/mol. The number of rotatable bonds is 3. The molecule has 0 aliphatic carbocycles. The molecule has 2 aromatic rings. The Morgan fingerprint density at radius 3 is 3.11 bits per heavy atom. The van der Waals surface area contributed by atoms with Gasteiger partial charge in [-0.2, -0.15) is 4.98 Å². The summed E-state index contributed by atoms with van der Waals surface area (Å²) in [7, 11) is 0. The van der Waals surface area contributed by atoms with Gasteiger partial charge in [-0.05, 0) is 18.6 Å². The van der Waals surface area contributed by atoms with E-state index in [9.17, 15) is 5.11 Å². The van der Waals surface area contributed by atoms with E-state index in [1.54, 1.807) is 6.20 Å². The topological polar surface area (TPSA) is 81.3 Å². The summed E-state index contributed by atoms with van der Waals surface area (Å²) in [5, 5.41) is 13.8. The molecule has 100 valence electrons. The van der Waals surface area contributed by atoms with E-state index in [0.717, 1.165) is 5.69 Å². The molecule has 0 bridgehead atoms. The molecule has 1 aliphatic heterocycles. The van der Waals surface area contributed by atoms with Crippen molar-refractivity contribution in [2.24, 2.45) is 0 Å². The number of hydrogen-bond acceptors (Lipinski definition) is 6. The molecule has 19 heavy (non-hydrogen) atoms. The second kappa shape index (κ2) is 5.46. The molecule has 0 amide bonds. The van der Waals surface area contributed by atoms with E-state index in [2.05, 4.69) is 15.1 Å². The fraction of sp³-hybridized carbons (Fsp3) is 0.462. The van der Waals surface area contributed by atoms with E-state index in [0.29, 0.717) is 37.8 Å². The van der Waals surface area contributed by atoms with Crippen LogP contribution in [-0.4, -0.2) is 39.5 Å². The number of aliphatic hydroxyl groups excluding tert-OH is 1. The Kier molecular flexibility index (Phi) is 3.52. The summed E-state index contributed by atoms with van der Waals surface area (Å²) in [6, 6.07) is 5.69. The van der Waals surface area contributed by atoms with Gasteiger partial charge in [0, 0.05) is 18.5 Å². The lowest BCUT2D eigenvalue weighted by atomic mass is 9.99. The molecule has 3 heterocycles. The summed E-state index contributed by atoms with van der Waals surface area (Å²) < 4.78 is 10.6. The molecule has 3 rings (SSSR count). The first-order valence-electron chi connectivity index (χ1n) is 6.31. The van der Waals surface area contributed by atoms with Crippen molar-refractivity contribution in [3.05, 3.63) is 41.8 Å². The van der Waals surface area contributed by atoms with Gasteiger partial charge in [0.25, 0.3) is 0 Å². The Labute approximate surface area is 110 Å². The number of hydrogen-bond donors (Lipinski definition) is 1. The fourth-order valence-electron chi connectivity index (χ4n) is 2.12. The van der Waals surface area contributed by atoms with Crippen molar-refractivity contribution in [3.63, 3.8) is 0 Å². The normalized spacial score (nSPS) is 23.4. The second-order valence-electron chi connectivity index (χ2n) is 4.58. The van der Waals surface area contributed by atoms with Gasteiger partial charge < -0.3 is 14.4 Å². The van der Waals surface area contributed by atoms with Crippen LogP contribution in [0.3, 0.4) is 0 Å². The van der Waals surface area contributed by atoms with Crippen molar-refractivity contribution < 1.29 is 14.4 Å². The van der Waals surface area contributed by atoms with Crippen LogP contribution in [0.2, 0.25) is 0 Å². The molecule has 1 saturated heterocycles. The van der Waals surface area contributed by atoms with Crippen LogP contribution in [0, 0.1) is 0 Å². The Bertz CT molecular complexity index is 529. The van der Waals surface area contributed by atoms with Crippen LogP contribution >= 0.6 is 0 Å². The molecule has 6 heteroatoms. The lowest BCUT2D eigenvalue weighted by molar-refractivity contribution is -0.0149. The minimum absolute atomic E-state index is 0.223. The molecule has 6 nitrogen and oxygen atoms in total. The minimum atomic E-state index is -0.475. The number of aromatic nitrogens is 3. The maximum absolute atomic E-state index is 9.90. The van der Waals surface area contributed by atoms with Gasteiger partial charge in [0.1, 0.15) is 0 Å². The van der Waals surface area contributed by atoms with E-state index in [4.69, 9.17) is 9.26 Å². The minimum Gasteiger partial charge on any atom is -0.392 e. The van der Waals surface area contributed by atoms with Gasteiger partial charge in [0.15, 0.2) is 5.82 Å². The van der Waals surface area contributed by atoms with Gasteiger partial charge in [-0.25, -0.2) is 0 Å². The standard InChI is InChI=1S/C13H15N3O3/c17-11-4-6-18-8-10(11)13-15-12(16-19-13)7-9-3-1-2-5-14-9/h1-3,5,10-11,17H,4,6-8H2. The third kappa shape index (κ3) is 2.80. The molecule has 0 saturated carbocycles. The van der Waals surface area contributed by atoms with Gasteiger partial charge in [-0.1, -0.05) is 11.2 Å². The lowest BCUT2D eigenvalue weighted by Crippen LogP contribution is -2.30. The quantitative estimate of drug-likeness (QED) is 0.884. The van der Waals surface area contributed by atoms with Crippen molar-refractivity contribution >= 4 is 0 Å². The Morgan fingerprint density at radius 1 is 1.37 bits per heavy atom. The van der Waals surface area contributed by atoms with Crippen LogP contribution in [0.4, 0.5) is 0 Å². The van der Waals surface area contributed by atoms with Crippen LogP contribution in [0.15, 0.2) is 28.9 Å². The number of pyridine rings is 1. The van der Waals surface area contributed by atoms with Gasteiger partial charge in [-0.15, -0.1) is 0 Å². The highest BCUT2D eigenvalue weighted by atomic mass is 16.5. The lowest BCUT2D eigenvalue weighted by Gasteiger charge is -2.24. The molecule has 0 radical (unpaired) electrons. The second-order valence-corrected chi connectivity index (χ2v) is 4.58. The zero-order valence-corrected chi connectivity index (χ0v) is 10.4. The fourth-order valence-corrected chi connectivity index (χ4v) is 2.12. The maximum Gasteiger partial charge on any atom is 0.234 e. The average Bonchev–Trinajstić information content (AvgIpc) is 2.89. The van der Waals surface area contributed by atoms with Gasteiger partial charge in [0.2, 0.25) is 5.89 Å². The van der Waals surface area contributed by atoms with Crippen molar-refractivity contribution in [3.8, 4) is 0 Å². The molecule has 0 aromatic carbocycles. The van der Waals surface area contributed by atoms with Crippen molar-refractivity contribution in [1.29, 1.82) is 0 Å². The van der Waals surface area contributed by atoms with E-state index >= 15 is 0 Å². The summed E-state index contributed by atoms with van der Waals surface area (Å²) in [6.45, 7) is 0.999. The van der Waals surface area contributed by atoms with Crippen LogP contribution in [0.1, 0.15) is 29.7 Å². The van der Waals surface area contributed by atoms with Crippen LogP contribution in [0.25, 0.3) is 0 Å².